The topological polar surface area (TPSA) is 53.4 Å². The van der Waals surface area contributed by atoms with Crippen molar-refractivity contribution < 1.29 is 23.4 Å². The molecule has 6 heteroatoms. The van der Waals surface area contributed by atoms with Crippen molar-refractivity contribution >= 4 is 0 Å². The highest BCUT2D eigenvalue weighted by Gasteiger charge is 2.39. The number of pyridine rings is 1. The number of halogens is 3. The molecule has 0 spiro atoms. The summed E-state index contributed by atoms with van der Waals surface area (Å²) in [6.45, 7) is -0.345. The van der Waals surface area contributed by atoms with Crippen LogP contribution in [0.25, 0.3) is 0 Å². The largest absolute Gasteiger partial charge is 0.418 e. The standard InChI is InChI=1S/C8H8F3NO2/c9-8(10,11)7(14)5-1-2-6(4-13)12-3-5/h1-3,7,13-14H,4H2. The van der Waals surface area contributed by atoms with Crippen molar-refractivity contribution in [1.82, 2.24) is 4.98 Å². The van der Waals surface area contributed by atoms with E-state index in [1.165, 1.54) is 6.07 Å². The minimum atomic E-state index is -4.69. The molecule has 0 fully saturated rings. The van der Waals surface area contributed by atoms with Gasteiger partial charge in [0, 0.05) is 11.8 Å². The minimum absolute atomic E-state index is 0.253. The van der Waals surface area contributed by atoms with Gasteiger partial charge in [0.05, 0.1) is 12.3 Å². The molecular weight excluding hydrogens is 199 g/mol. The van der Waals surface area contributed by atoms with Gasteiger partial charge < -0.3 is 10.2 Å². The second-order valence-corrected chi connectivity index (χ2v) is 2.69. The first-order valence-electron chi connectivity index (χ1n) is 3.75. The molecule has 0 saturated carbocycles. The van der Waals surface area contributed by atoms with E-state index in [0.717, 1.165) is 12.3 Å². The molecule has 1 atom stereocenters. The van der Waals surface area contributed by atoms with E-state index >= 15 is 0 Å². The number of nitrogens with zero attached hydrogens (tertiary/aromatic N) is 1. The van der Waals surface area contributed by atoms with Crippen LogP contribution in [-0.2, 0) is 6.61 Å². The van der Waals surface area contributed by atoms with Crippen LogP contribution in [-0.4, -0.2) is 21.4 Å². The Morgan fingerprint density at radius 1 is 1.36 bits per heavy atom. The molecule has 0 amide bonds. The molecular formula is C8H8F3NO2. The molecule has 0 radical (unpaired) electrons. The lowest BCUT2D eigenvalue weighted by molar-refractivity contribution is -0.206. The Morgan fingerprint density at radius 2 is 2.00 bits per heavy atom. The zero-order valence-corrected chi connectivity index (χ0v) is 6.99. The average Bonchev–Trinajstić information content (AvgIpc) is 2.15. The third kappa shape index (κ3) is 2.43. The number of rotatable bonds is 2. The van der Waals surface area contributed by atoms with Crippen LogP contribution < -0.4 is 0 Å². The van der Waals surface area contributed by atoms with Crippen molar-refractivity contribution in [3.63, 3.8) is 0 Å². The molecule has 1 heterocycles. The highest BCUT2D eigenvalue weighted by molar-refractivity contribution is 5.17. The Labute approximate surface area is 77.8 Å². The van der Waals surface area contributed by atoms with Crippen LogP contribution in [0.15, 0.2) is 18.3 Å². The number of alkyl halides is 3. The molecule has 78 valence electrons. The molecule has 1 aromatic rings. The minimum Gasteiger partial charge on any atom is -0.390 e. The van der Waals surface area contributed by atoms with Crippen LogP contribution in [0.4, 0.5) is 13.2 Å². The summed E-state index contributed by atoms with van der Waals surface area (Å²) < 4.78 is 36.0. The smallest absolute Gasteiger partial charge is 0.390 e. The van der Waals surface area contributed by atoms with Gasteiger partial charge in [-0.2, -0.15) is 13.2 Å². The Bertz CT molecular complexity index is 296. The summed E-state index contributed by atoms with van der Waals surface area (Å²) in [6, 6.07) is 2.31. The van der Waals surface area contributed by atoms with Crippen molar-refractivity contribution in [3.05, 3.63) is 29.6 Å². The van der Waals surface area contributed by atoms with Gasteiger partial charge in [0.1, 0.15) is 0 Å². The zero-order chi connectivity index (χ0) is 10.8. The highest BCUT2D eigenvalue weighted by atomic mass is 19.4. The predicted octanol–water partition coefficient (Wildman–Crippen LogP) is 1.17. The van der Waals surface area contributed by atoms with Crippen LogP contribution in [0, 0.1) is 0 Å². The summed E-state index contributed by atoms with van der Waals surface area (Å²) in [5, 5.41) is 17.4. The number of aliphatic hydroxyl groups excluding tert-OH is 2. The lowest BCUT2D eigenvalue weighted by Gasteiger charge is -2.14. The molecule has 1 aromatic heterocycles. The second-order valence-electron chi connectivity index (χ2n) is 2.69. The molecule has 0 bridgehead atoms. The number of aliphatic hydroxyl groups is 2. The van der Waals surface area contributed by atoms with Crippen molar-refractivity contribution in [3.8, 4) is 0 Å². The summed E-state index contributed by atoms with van der Waals surface area (Å²) in [5.74, 6) is 0. The Balaban J connectivity index is 2.87. The number of hydrogen-bond acceptors (Lipinski definition) is 3. The average molecular weight is 207 g/mol. The third-order valence-electron chi connectivity index (χ3n) is 1.64. The van der Waals surface area contributed by atoms with Crippen molar-refractivity contribution in [2.75, 3.05) is 0 Å². The predicted molar refractivity (Wildman–Crippen MR) is 41.2 cm³/mol. The first-order chi connectivity index (χ1) is 6.45. The van der Waals surface area contributed by atoms with E-state index in [4.69, 9.17) is 10.2 Å². The van der Waals surface area contributed by atoms with Crippen molar-refractivity contribution in [1.29, 1.82) is 0 Å². The van der Waals surface area contributed by atoms with E-state index in [1.54, 1.807) is 0 Å². The lowest BCUT2D eigenvalue weighted by atomic mass is 10.1. The van der Waals surface area contributed by atoms with E-state index in [-0.39, 0.29) is 17.9 Å². The van der Waals surface area contributed by atoms with Crippen molar-refractivity contribution in [2.24, 2.45) is 0 Å². The Hall–Kier alpha value is -1.14. The fraction of sp³-hybridized carbons (Fsp3) is 0.375. The number of aromatic nitrogens is 1. The van der Waals surface area contributed by atoms with Gasteiger partial charge in [0.25, 0.3) is 0 Å². The maximum absolute atomic E-state index is 12.0. The summed E-state index contributed by atoms with van der Waals surface area (Å²) in [6.07, 6.45) is -6.32. The molecule has 1 unspecified atom stereocenters. The first-order valence-corrected chi connectivity index (χ1v) is 3.75. The van der Waals surface area contributed by atoms with Gasteiger partial charge in [-0.05, 0) is 6.07 Å². The summed E-state index contributed by atoms with van der Waals surface area (Å²) in [5.41, 5.74) is -0.0853. The summed E-state index contributed by atoms with van der Waals surface area (Å²) >= 11 is 0. The summed E-state index contributed by atoms with van der Waals surface area (Å²) in [4.78, 5) is 3.52. The van der Waals surface area contributed by atoms with Crippen LogP contribution >= 0.6 is 0 Å². The zero-order valence-electron chi connectivity index (χ0n) is 6.99. The fourth-order valence-electron chi connectivity index (χ4n) is 0.880. The second kappa shape index (κ2) is 3.93. The van der Waals surface area contributed by atoms with E-state index in [2.05, 4.69) is 4.98 Å². The molecule has 1 rings (SSSR count). The molecule has 14 heavy (non-hydrogen) atoms. The number of hydrogen-bond donors (Lipinski definition) is 2. The van der Waals surface area contributed by atoms with Crippen molar-refractivity contribution in [2.45, 2.75) is 18.9 Å². The van der Waals surface area contributed by atoms with Crippen LogP contribution in [0.3, 0.4) is 0 Å². The van der Waals surface area contributed by atoms with Crippen LogP contribution in [0.1, 0.15) is 17.4 Å². The maximum atomic E-state index is 12.0. The van der Waals surface area contributed by atoms with Gasteiger partial charge in [-0.25, -0.2) is 0 Å². The Kier molecular flexibility index (Phi) is 3.07. The lowest BCUT2D eigenvalue weighted by Crippen LogP contribution is -2.20. The van der Waals surface area contributed by atoms with Gasteiger partial charge in [-0.1, -0.05) is 6.07 Å². The molecule has 0 saturated heterocycles. The quantitative estimate of drug-likeness (QED) is 0.765. The van der Waals surface area contributed by atoms with Gasteiger partial charge in [0.2, 0.25) is 0 Å². The van der Waals surface area contributed by atoms with Crippen LogP contribution in [0.2, 0.25) is 0 Å². The third-order valence-corrected chi connectivity index (χ3v) is 1.64. The molecule has 0 aliphatic heterocycles. The van der Waals surface area contributed by atoms with Gasteiger partial charge >= 0.3 is 6.18 Å². The normalized spacial score (nSPS) is 14.1. The van der Waals surface area contributed by atoms with Gasteiger partial charge in [0.15, 0.2) is 6.10 Å². The molecule has 3 nitrogen and oxygen atoms in total. The molecule has 0 aliphatic rings. The SMILES string of the molecule is OCc1ccc(C(O)C(F)(F)F)cn1. The molecule has 0 aromatic carbocycles. The molecule has 2 N–H and O–H groups in total. The van der Waals surface area contributed by atoms with Crippen LogP contribution in [0.5, 0.6) is 0 Å². The Morgan fingerprint density at radius 3 is 2.36 bits per heavy atom. The monoisotopic (exact) mass is 207 g/mol. The van der Waals surface area contributed by atoms with E-state index in [1.807, 2.05) is 0 Å². The summed E-state index contributed by atoms with van der Waals surface area (Å²) in [7, 11) is 0. The van der Waals surface area contributed by atoms with E-state index < -0.39 is 12.3 Å². The fourth-order valence-corrected chi connectivity index (χ4v) is 0.880. The highest BCUT2D eigenvalue weighted by Crippen LogP contribution is 2.31. The maximum Gasteiger partial charge on any atom is 0.418 e. The van der Waals surface area contributed by atoms with E-state index in [0.29, 0.717) is 0 Å². The first kappa shape index (κ1) is 10.9. The van der Waals surface area contributed by atoms with E-state index in [9.17, 15) is 13.2 Å². The molecule has 0 aliphatic carbocycles. The van der Waals surface area contributed by atoms with Gasteiger partial charge in [-0.15, -0.1) is 0 Å². The van der Waals surface area contributed by atoms with Gasteiger partial charge in [-0.3, -0.25) is 4.98 Å².